The van der Waals surface area contributed by atoms with E-state index in [2.05, 4.69) is 31.0 Å². The average molecular weight is 268 g/mol. The molecule has 3 heteroatoms. The van der Waals surface area contributed by atoms with Crippen molar-refractivity contribution in [2.24, 2.45) is 5.41 Å². The first-order valence-corrected chi connectivity index (χ1v) is 8.14. The molecule has 2 aliphatic heterocycles. The standard InChI is InChI=1S/C16H32N2O/c1-14(15-6-4-13-19-15)17-9-12-18-10-5-7-16(2,3)8-11-18/h14-15,17H,4-13H2,1-3H3. The quantitative estimate of drug-likeness (QED) is 0.829. The van der Waals surface area contributed by atoms with Crippen LogP contribution in [0.4, 0.5) is 0 Å². The van der Waals surface area contributed by atoms with E-state index in [4.69, 9.17) is 4.74 Å². The number of likely N-dealkylation sites (tertiary alicyclic amines) is 1. The molecule has 0 aromatic carbocycles. The third kappa shape index (κ3) is 5.05. The van der Waals surface area contributed by atoms with Gasteiger partial charge in [-0.2, -0.15) is 0 Å². The van der Waals surface area contributed by atoms with Crippen LogP contribution in [-0.2, 0) is 4.74 Å². The molecule has 112 valence electrons. The largest absolute Gasteiger partial charge is 0.377 e. The Bertz CT molecular complexity index is 261. The van der Waals surface area contributed by atoms with Crippen molar-refractivity contribution in [2.75, 3.05) is 32.8 Å². The van der Waals surface area contributed by atoms with Crippen LogP contribution in [0.25, 0.3) is 0 Å². The average Bonchev–Trinajstić information content (AvgIpc) is 2.83. The summed E-state index contributed by atoms with van der Waals surface area (Å²) >= 11 is 0. The van der Waals surface area contributed by atoms with Crippen molar-refractivity contribution in [2.45, 2.75) is 65.0 Å². The molecular formula is C16H32N2O. The van der Waals surface area contributed by atoms with Crippen LogP contribution in [0.5, 0.6) is 0 Å². The highest BCUT2D eigenvalue weighted by Crippen LogP contribution is 2.29. The summed E-state index contributed by atoms with van der Waals surface area (Å²) in [5, 5.41) is 3.65. The van der Waals surface area contributed by atoms with E-state index < -0.39 is 0 Å². The zero-order valence-corrected chi connectivity index (χ0v) is 13.1. The van der Waals surface area contributed by atoms with E-state index in [1.165, 1.54) is 51.7 Å². The van der Waals surface area contributed by atoms with Gasteiger partial charge in [-0.3, -0.25) is 0 Å². The van der Waals surface area contributed by atoms with Gasteiger partial charge in [0.2, 0.25) is 0 Å². The van der Waals surface area contributed by atoms with Crippen molar-refractivity contribution in [3.63, 3.8) is 0 Å². The van der Waals surface area contributed by atoms with Crippen molar-refractivity contribution in [3.8, 4) is 0 Å². The summed E-state index contributed by atoms with van der Waals surface area (Å²) in [6.45, 7) is 12.9. The summed E-state index contributed by atoms with van der Waals surface area (Å²) in [6, 6.07) is 0.505. The Morgan fingerprint density at radius 1 is 1.26 bits per heavy atom. The maximum Gasteiger partial charge on any atom is 0.0726 e. The van der Waals surface area contributed by atoms with Gasteiger partial charge in [-0.1, -0.05) is 13.8 Å². The first-order chi connectivity index (χ1) is 9.07. The van der Waals surface area contributed by atoms with E-state index in [9.17, 15) is 0 Å². The molecule has 0 aliphatic carbocycles. The first-order valence-electron chi connectivity index (χ1n) is 8.14. The predicted molar refractivity (Wildman–Crippen MR) is 80.5 cm³/mol. The predicted octanol–water partition coefficient (Wildman–Crippen LogP) is 2.66. The molecule has 2 atom stereocenters. The van der Waals surface area contributed by atoms with Crippen molar-refractivity contribution < 1.29 is 4.74 Å². The van der Waals surface area contributed by atoms with Gasteiger partial charge in [0.05, 0.1) is 6.10 Å². The lowest BCUT2D eigenvalue weighted by Crippen LogP contribution is -2.41. The topological polar surface area (TPSA) is 24.5 Å². The highest BCUT2D eigenvalue weighted by Gasteiger charge is 2.24. The normalized spacial score (nSPS) is 30.2. The van der Waals surface area contributed by atoms with Gasteiger partial charge >= 0.3 is 0 Å². The van der Waals surface area contributed by atoms with Gasteiger partial charge in [0.15, 0.2) is 0 Å². The second kappa shape index (κ2) is 7.05. The maximum absolute atomic E-state index is 5.73. The molecular weight excluding hydrogens is 236 g/mol. The molecule has 0 aromatic heterocycles. The summed E-state index contributed by atoms with van der Waals surface area (Å²) in [7, 11) is 0. The Morgan fingerprint density at radius 2 is 2.11 bits per heavy atom. The fourth-order valence-electron chi connectivity index (χ4n) is 3.28. The third-order valence-corrected chi connectivity index (χ3v) is 4.85. The molecule has 2 fully saturated rings. The number of rotatable bonds is 5. The van der Waals surface area contributed by atoms with Gasteiger partial charge in [0, 0.05) is 25.7 Å². The second-order valence-corrected chi connectivity index (χ2v) is 7.15. The Labute approximate surface area is 119 Å². The van der Waals surface area contributed by atoms with Gasteiger partial charge in [0.1, 0.15) is 0 Å². The molecule has 2 rings (SSSR count). The monoisotopic (exact) mass is 268 g/mol. The van der Waals surface area contributed by atoms with Crippen molar-refractivity contribution in [1.29, 1.82) is 0 Å². The molecule has 0 radical (unpaired) electrons. The molecule has 3 nitrogen and oxygen atoms in total. The Hall–Kier alpha value is -0.120. The molecule has 0 amide bonds. The van der Waals surface area contributed by atoms with Gasteiger partial charge in [0.25, 0.3) is 0 Å². The molecule has 0 saturated carbocycles. The summed E-state index contributed by atoms with van der Waals surface area (Å²) in [5.74, 6) is 0. The maximum atomic E-state index is 5.73. The van der Waals surface area contributed by atoms with E-state index in [1.54, 1.807) is 0 Å². The van der Waals surface area contributed by atoms with Crippen LogP contribution in [0.15, 0.2) is 0 Å². The molecule has 0 bridgehead atoms. The minimum Gasteiger partial charge on any atom is -0.377 e. The van der Waals surface area contributed by atoms with Crippen LogP contribution in [0.2, 0.25) is 0 Å². The van der Waals surface area contributed by atoms with Crippen LogP contribution < -0.4 is 5.32 Å². The molecule has 0 spiro atoms. The van der Waals surface area contributed by atoms with Crippen LogP contribution in [0.1, 0.15) is 52.9 Å². The first kappa shape index (κ1) is 15.3. The molecule has 1 N–H and O–H groups in total. The smallest absolute Gasteiger partial charge is 0.0726 e. The number of hydrogen-bond donors (Lipinski definition) is 1. The highest BCUT2D eigenvalue weighted by atomic mass is 16.5. The zero-order chi connectivity index (χ0) is 13.7. The van der Waals surface area contributed by atoms with Crippen molar-refractivity contribution >= 4 is 0 Å². The van der Waals surface area contributed by atoms with E-state index in [0.29, 0.717) is 17.6 Å². The van der Waals surface area contributed by atoms with Crippen LogP contribution in [0, 0.1) is 5.41 Å². The lowest BCUT2D eigenvalue weighted by Gasteiger charge is -2.25. The lowest BCUT2D eigenvalue weighted by atomic mass is 9.85. The Balaban J connectivity index is 1.62. The Kier molecular flexibility index (Phi) is 5.67. The van der Waals surface area contributed by atoms with E-state index in [0.717, 1.165) is 13.2 Å². The molecule has 2 saturated heterocycles. The SMILES string of the molecule is CC(NCCN1CCCC(C)(C)CC1)C1CCCO1. The van der Waals surface area contributed by atoms with E-state index >= 15 is 0 Å². The zero-order valence-electron chi connectivity index (χ0n) is 13.1. The molecule has 2 aliphatic rings. The summed E-state index contributed by atoms with van der Waals surface area (Å²) < 4.78 is 5.73. The van der Waals surface area contributed by atoms with Crippen molar-refractivity contribution in [1.82, 2.24) is 10.2 Å². The van der Waals surface area contributed by atoms with E-state index in [1.807, 2.05) is 0 Å². The lowest BCUT2D eigenvalue weighted by molar-refractivity contribution is 0.0826. The minimum absolute atomic E-state index is 0.447. The summed E-state index contributed by atoms with van der Waals surface area (Å²) in [4.78, 5) is 2.63. The summed E-state index contributed by atoms with van der Waals surface area (Å²) in [6.07, 6.45) is 6.98. The van der Waals surface area contributed by atoms with Crippen molar-refractivity contribution in [3.05, 3.63) is 0 Å². The molecule has 2 heterocycles. The van der Waals surface area contributed by atoms with Crippen LogP contribution in [0.3, 0.4) is 0 Å². The molecule has 19 heavy (non-hydrogen) atoms. The van der Waals surface area contributed by atoms with Crippen LogP contribution >= 0.6 is 0 Å². The van der Waals surface area contributed by atoms with E-state index in [-0.39, 0.29) is 0 Å². The molecule has 0 aromatic rings. The summed E-state index contributed by atoms with van der Waals surface area (Å²) in [5.41, 5.74) is 0.549. The van der Waals surface area contributed by atoms with Gasteiger partial charge < -0.3 is 15.0 Å². The number of hydrogen-bond acceptors (Lipinski definition) is 3. The number of nitrogens with one attached hydrogen (secondary N) is 1. The van der Waals surface area contributed by atoms with Gasteiger partial charge in [-0.15, -0.1) is 0 Å². The minimum atomic E-state index is 0.447. The highest BCUT2D eigenvalue weighted by molar-refractivity contribution is 4.79. The fourth-order valence-corrected chi connectivity index (χ4v) is 3.28. The van der Waals surface area contributed by atoms with Gasteiger partial charge in [-0.25, -0.2) is 0 Å². The van der Waals surface area contributed by atoms with Gasteiger partial charge in [-0.05, 0) is 57.5 Å². The molecule has 2 unspecified atom stereocenters. The Morgan fingerprint density at radius 3 is 2.84 bits per heavy atom. The second-order valence-electron chi connectivity index (χ2n) is 7.15. The number of nitrogens with zero attached hydrogens (tertiary/aromatic N) is 1. The van der Waals surface area contributed by atoms with Crippen LogP contribution in [-0.4, -0.2) is 49.8 Å². The fraction of sp³-hybridized carbons (Fsp3) is 1.00. The third-order valence-electron chi connectivity index (χ3n) is 4.85. The number of ether oxygens (including phenoxy) is 1.